The van der Waals surface area contributed by atoms with Crippen molar-refractivity contribution in [2.24, 2.45) is 46.3 Å². The first-order valence-corrected chi connectivity index (χ1v) is 6.08. The van der Waals surface area contributed by atoms with Crippen LogP contribution >= 0.6 is 0 Å². The molecule has 8 unspecified atom stereocenters. The van der Waals surface area contributed by atoms with E-state index in [-0.39, 0.29) is 16.8 Å². The maximum atomic E-state index is 11.9. The third-order valence-corrected chi connectivity index (χ3v) is 6.87. The van der Waals surface area contributed by atoms with Crippen LogP contribution in [0.25, 0.3) is 0 Å². The molecule has 8 atom stereocenters. The lowest BCUT2D eigenvalue weighted by molar-refractivity contribution is -0.391. The van der Waals surface area contributed by atoms with Gasteiger partial charge in [0.2, 0.25) is 0 Å². The Labute approximate surface area is 92.6 Å². The second kappa shape index (κ2) is 1.85. The third kappa shape index (κ3) is 0.415. The average Bonchev–Trinajstić information content (AvgIpc) is 2.90. The molecule has 86 valence electrons. The molecule has 5 aliphatic carbocycles. The molecule has 0 radical (unpaired) electrons. The summed E-state index contributed by atoms with van der Waals surface area (Å²) in [5.41, 5.74) is -0.397. The van der Waals surface area contributed by atoms with Gasteiger partial charge in [-0.25, -0.2) is 0 Å². The van der Waals surface area contributed by atoms with Crippen molar-refractivity contribution in [2.45, 2.75) is 12.7 Å². The summed E-state index contributed by atoms with van der Waals surface area (Å²) in [6.45, 7) is 0. The highest BCUT2D eigenvalue weighted by Crippen LogP contribution is 3.03. The minimum Gasteiger partial charge on any atom is -0.469 e. The van der Waals surface area contributed by atoms with Crippen LogP contribution in [0.4, 0.5) is 0 Å². The summed E-state index contributed by atoms with van der Waals surface area (Å²) in [6, 6.07) is 0. The van der Waals surface area contributed by atoms with Crippen molar-refractivity contribution in [1.29, 1.82) is 0 Å². The predicted octanol–water partition coefficient (Wildman–Crippen LogP) is -0.402. The molecule has 2 N–H and O–H groups in total. The molecule has 5 saturated carbocycles. The molecule has 5 fully saturated rings. The van der Waals surface area contributed by atoms with Gasteiger partial charge in [0.25, 0.3) is 0 Å². The van der Waals surface area contributed by atoms with Crippen molar-refractivity contribution < 1.29 is 19.7 Å². The highest BCUT2D eigenvalue weighted by molar-refractivity contribution is 5.84. The van der Waals surface area contributed by atoms with Crippen molar-refractivity contribution in [2.75, 3.05) is 7.11 Å². The zero-order chi connectivity index (χ0) is 11.0. The Morgan fingerprint density at radius 1 is 1.31 bits per heavy atom. The quantitative estimate of drug-likeness (QED) is 0.493. The van der Waals surface area contributed by atoms with Crippen molar-refractivity contribution in [3.63, 3.8) is 0 Å². The number of carbonyl (C=O) groups is 1. The fraction of sp³-hybridized carbons (Fsp3) is 0.917. The third-order valence-electron chi connectivity index (χ3n) is 6.87. The standard InChI is InChI=1S/C12H14O4/c1-16-10(15)11-2-3-5(11)7-4-6(11)8(4)12(3,7)9(13)14/h3-9,13-14H,2H2,1H3. The van der Waals surface area contributed by atoms with Gasteiger partial charge >= 0.3 is 5.97 Å². The van der Waals surface area contributed by atoms with Crippen LogP contribution in [0.5, 0.6) is 0 Å². The van der Waals surface area contributed by atoms with Crippen LogP contribution in [0.15, 0.2) is 0 Å². The summed E-state index contributed by atoms with van der Waals surface area (Å²) < 4.78 is 4.97. The van der Waals surface area contributed by atoms with Gasteiger partial charge in [0.1, 0.15) is 0 Å². The molecule has 0 bridgehead atoms. The van der Waals surface area contributed by atoms with E-state index in [4.69, 9.17) is 4.74 Å². The van der Waals surface area contributed by atoms with Crippen LogP contribution in [0.3, 0.4) is 0 Å². The number of hydrogen-bond acceptors (Lipinski definition) is 4. The SMILES string of the molecule is COC(=O)C12CC3C1C1C4C2C4C31C(O)O. The monoisotopic (exact) mass is 222 g/mol. The molecular formula is C12H14O4. The van der Waals surface area contributed by atoms with E-state index in [1.54, 1.807) is 0 Å². The summed E-state index contributed by atoms with van der Waals surface area (Å²) in [6.07, 6.45) is -0.322. The summed E-state index contributed by atoms with van der Waals surface area (Å²) in [5, 5.41) is 19.2. The van der Waals surface area contributed by atoms with Gasteiger partial charge in [0, 0.05) is 5.41 Å². The lowest BCUT2D eigenvalue weighted by atomic mass is 9.23. The number of aliphatic hydroxyl groups excluding tert-OH is 1. The maximum absolute atomic E-state index is 11.9. The zero-order valence-corrected chi connectivity index (χ0v) is 8.96. The number of methoxy groups -OCH3 is 1. The fourth-order valence-electron chi connectivity index (χ4n) is 6.78. The number of aliphatic hydroxyl groups is 2. The molecule has 0 aliphatic heterocycles. The van der Waals surface area contributed by atoms with Crippen LogP contribution in [0.1, 0.15) is 6.42 Å². The van der Waals surface area contributed by atoms with Gasteiger partial charge in [-0.1, -0.05) is 0 Å². The molecule has 0 aromatic heterocycles. The van der Waals surface area contributed by atoms with Crippen LogP contribution in [0.2, 0.25) is 0 Å². The van der Waals surface area contributed by atoms with E-state index >= 15 is 0 Å². The summed E-state index contributed by atoms with van der Waals surface area (Å²) in [5.74, 6) is 2.64. The molecule has 5 aliphatic rings. The first-order chi connectivity index (χ1) is 7.63. The predicted molar refractivity (Wildman–Crippen MR) is 50.7 cm³/mol. The minimum absolute atomic E-state index is 0.0329. The summed E-state index contributed by atoms with van der Waals surface area (Å²) >= 11 is 0. The van der Waals surface area contributed by atoms with E-state index in [0.717, 1.165) is 6.42 Å². The van der Waals surface area contributed by atoms with Crippen LogP contribution in [-0.2, 0) is 9.53 Å². The van der Waals surface area contributed by atoms with E-state index in [9.17, 15) is 15.0 Å². The number of ether oxygens (including phenoxy) is 1. The molecule has 5 rings (SSSR count). The average molecular weight is 222 g/mol. The molecular weight excluding hydrogens is 208 g/mol. The molecule has 0 aromatic carbocycles. The second-order valence-electron chi connectivity index (χ2n) is 6.40. The summed E-state index contributed by atoms with van der Waals surface area (Å²) in [4.78, 5) is 11.9. The van der Waals surface area contributed by atoms with Crippen molar-refractivity contribution in [3.05, 3.63) is 0 Å². The van der Waals surface area contributed by atoms with Gasteiger partial charge in [0.05, 0.1) is 12.5 Å². The minimum atomic E-state index is -1.17. The van der Waals surface area contributed by atoms with Gasteiger partial charge < -0.3 is 14.9 Å². The molecule has 0 saturated heterocycles. The Balaban J connectivity index is 1.62. The van der Waals surface area contributed by atoms with E-state index in [2.05, 4.69) is 0 Å². The van der Waals surface area contributed by atoms with Gasteiger partial charge in [-0.2, -0.15) is 0 Å². The van der Waals surface area contributed by atoms with E-state index in [1.807, 2.05) is 0 Å². The van der Waals surface area contributed by atoms with Crippen molar-refractivity contribution >= 4 is 5.97 Å². The maximum Gasteiger partial charge on any atom is 0.312 e. The van der Waals surface area contributed by atoms with Gasteiger partial charge in [-0.3, -0.25) is 4.79 Å². The van der Waals surface area contributed by atoms with Crippen LogP contribution < -0.4 is 0 Å². The van der Waals surface area contributed by atoms with E-state index < -0.39 is 6.29 Å². The van der Waals surface area contributed by atoms with Crippen LogP contribution in [-0.4, -0.2) is 29.6 Å². The fourth-order valence-corrected chi connectivity index (χ4v) is 6.78. The Kier molecular flexibility index (Phi) is 0.978. The number of hydrogen-bond donors (Lipinski definition) is 2. The molecule has 0 amide bonds. The molecule has 4 nitrogen and oxygen atoms in total. The number of carbonyl (C=O) groups excluding carboxylic acids is 1. The van der Waals surface area contributed by atoms with Gasteiger partial charge in [0.15, 0.2) is 6.29 Å². The lowest BCUT2D eigenvalue weighted by Gasteiger charge is -2.79. The Hall–Kier alpha value is -0.610. The number of fused-ring (bicyclic) bond motifs is 4. The molecule has 4 heteroatoms. The largest absolute Gasteiger partial charge is 0.469 e. The topological polar surface area (TPSA) is 66.8 Å². The molecule has 0 spiro atoms. The smallest absolute Gasteiger partial charge is 0.312 e. The number of esters is 1. The molecule has 16 heavy (non-hydrogen) atoms. The highest BCUT2D eigenvalue weighted by Gasteiger charge is 3.04. The Morgan fingerprint density at radius 2 is 2.00 bits per heavy atom. The van der Waals surface area contributed by atoms with E-state index in [0.29, 0.717) is 35.5 Å². The first kappa shape index (κ1) is 8.48. The van der Waals surface area contributed by atoms with Crippen molar-refractivity contribution in [3.8, 4) is 0 Å². The van der Waals surface area contributed by atoms with E-state index in [1.165, 1.54) is 7.11 Å². The second-order valence-corrected chi connectivity index (χ2v) is 6.40. The Morgan fingerprint density at radius 3 is 2.50 bits per heavy atom. The Bertz CT molecular complexity index is 434. The van der Waals surface area contributed by atoms with Gasteiger partial charge in [-0.05, 0) is 41.9 Å². The summed E-state index contributed by atoms with van der Waals surface area (Å²) in [7, 11) is 1.47. The normalized spacial score (nSPS) is 70.0. The lowest BCUT2D eigenvalue weighted by Crippen LogP contribution is -2.81. The zero-order valence-electron chi connectivity index (χ0n) is 8.96. The van der Waals surface area contributed by atoms with Crippen LogP contribution in [0, 0.1) is 46.3 Å². The van der Waals surface area contributed by atoms with Crippen molar-refractivity contribution in [1.82, 2.24) is 0 Å². The first-order valence-electron chi connectivity index (χ1n) is 6.08. The highest BCUT2D eigenvalue weighted by atomic mass is 16.5. The number of rotatable bonds is 2. The van der Waals surface area contributed by atoms with Gasteiger partial charge in [-0.15, -0.1) is 0 Å². The molecule has 0 aromatic rings. The molecule has 0 heterocycles.